The molecule has 2 heterocycles. The van der Waals surface area contributed by atoms with Gasteiger partial charge >= 0.3 is 0 Å². The molecule has 0 spiro atoms. The molecule has 0 aromatic rings. The third-order valence-electron chi connectivity index (χ3n) is 5.73. The van der Waals surface area contributed by atoms with Crippen molar-refractivity contribution in [1.82, 2.24) is 0 Å². The molecule has 4 atom stereocenters. The number of fused-ring (bicyclic) bond motifs is 1. The minimum atomic E-state index is -1.81. The van der Waals surface area contributed by atoms with Gasteiger partial charge in [0, 0.05) is 0 Å². The molecule has 3 rings (SSSR count). The Bertz CT molecular complexity index is 544. The van der Waals surface area contributed by atoms with E-state index >= 15 is 0 Å². The first kappa shape index (κ1) is 18.3. The molecule has 0 aromatic carbocycles. The SMILES string of the molecule is CC1(C)O[C@@H]2[C@H](O1)[C@@H](CO[Si](C)(C)C(C)(C)C)O[C@@H]2C1=CC=CC1. The van der Waals surface area contributed by atoms with Gasteiger partial charge in [0.15, 0.2) is 14.1 Å². The summed E-state index contributed by atoms with van der Waals surface area (Å²) in [4.78, 5) is 0. The normalized spacial score (nSPS) is 35.4. The van der Waals surface area contributed by atoms with E-state index in [2.05, 4.69) is 52.1 Å². The standard InChI is InChI=1S/C19H32O4Si/c1-18(2,3)24(6,7)20-12-14-16-17(23-19(4,5)22-16)15(21-14)13-10-8-9-11-13/h8-10,14-17H,11-12H2,1-7H3/t14-,15-,16-,17+/m1/s1. The molecular weight excluding hydrogens is 320 g/mol. The van der Waals surface area contributed by atoms with Gasteiger partial charge in [-0.05, 0) is 44.0 Å². The summed E-state index contributed by atoms with van der Waals surface area (Å²) < 4.78 is 25.1. The molecule has 0 aromatic heterocycles. The van der Waals surface area contributed by atoms with Crippen LogP contribution in [0, 0.1) is 0 Å². The smallest absolute Gasteiger partial charge is 0.192 e. The largest absolute Gasteiger partial charge is 0.414 e. The lowest BCUT2D eigenvalue weighted by Gasteiger charge is -2.37. The summed E-state index contributed by atoms with van der Waals surface area (Å²) in [6.07, 6.45) is 7.14. The summed E-state index contributed by atoms with van der Waals surface area (Å²) in [5.41, 5.74) is 1.28. The molecule has 2 aliphatic heterocycles. The number of ether oxygens (including phenoxy) is 3. The highest BCUT2D eigenvalue weighted by molar-refractivity contribution is 6.74. The molecule has 4 nitrogen and oxygen atoms in total. The topological polar surface area (TPSA) is 36.9 Å². The number of allylic oxidation sites excluding steroid dienone is 3. The van der Waals surface area contributed by atoms with E-state index < -0.39 is 14.1 Å². The van der Waals surface area contributed by atoms with Crippen LogP contribution in [0.25, 0.3) is 0 Å². The van der Waals surface area contributed by atoms with Crippen LogP contribution in [-0.2, 0) is 18.6 Å². The third-order valence-corrected chi connectivity index (χ3v) is 10.2. The summed E-state index contributed by atoms with van der Waals surface area (Å²) in [6, 6.07) is 0. The third kappa shape index (κ3) is 3.42. The molecule has 0 radical (unpaired) electrons. The lowest BCUT2D eigenvalue weighted by atomic mass is 10.0. The molecule has 0 unspecified atom stereocenters. The summed E-state index contributed by atoms with van der Waals surface area (Å²) in [5, 5.41) is 0.189. The zero-order valence-corrected chi connectivity index (χ0v) is 17.1. The Kier molecular flexibility index (Phi) is 4.63. The molecular formula is C19H32O4Si. The van der Waals surface area contributed by atoms with Crippen molar-refractivity contribution < 1.29 is 18.6 Å². The first-order valence-corrected chi connectivity index (χ1v) is 11.9. The Balaban J connectivity index is 1.72. The van der Waals surface area contributed by atoms with Crippen molar-refractivity contribution in [3.63, 3.8) is 0 Å². The van der Waals surface area contributed by atoms with Crippen LogP contribution < -0.4 is 0 Å². The van der Waals surface area contributed by atoms with Crippen LogP contribution in [-0.4, -0.2) is 45.1 Å². The monoisotopic (exact) mass is 352 g/mol. The Labute approximate surface area is 147 Å². The average molecular weight is 353 g/mol. The van der Waals surface area contributed by atoms with E-state index in [9.17, 15) is 0 Å². The predicted molar refractivity (Wildman–Crippen MR) is 97.5 cm³/mol. The summed E-state index contributed by atoms with van der Waals surface area (Å²) in [6.45, 7) is 15.9. The van der Waals surface area contributed by atoms with E-state index in [1.165, 1.54) is 5.57 Å². The molecule has 5 heteroatoms. The van der Waals surface area contributed by atoms with Crippen molar-refractivity contribution in [1.29, 1.82) is 0 Å². The van der Waals surface area contributed by atoms with Crippen molar-refractivity contribution in [2.45, 2.75) is 89.4 Å². The van der Waals surface area contributed by atoms with E-state index in [-0.39, 0.29) is 29.5 Å². The van der Waals surface area contributed by atoms with Gasteiger partial charge in [-0.25, -0.2) is 0 Å². The summed E-state index contributed by atoms with van der Waals surface area (Å²) >= 11 is 0. The summed E-state index contributed by atoms with van der Waals surface area (Å²) in [5.74, 6) is -0.556. The van der Waals surface area contributed by atoms with Crippen LogP contribution in [0.15, 0.2) is 23.8 Å². The van der Waals surface area contributed by atoms with Crippen LogP contribution in [0.5, 0.6) is 0 Å². The lowest BCUT2D eigenvalue weighted by Crippen LogP contribution is -2.44. The summed E-state index contributed by atoms with van der Waals surface area (Å²) in [7, 11) is -1.81. The first-order chi connectivity index (χ1) is 11.0. The van der Waals surface area contributed by atoms with Crippen molar-refractivity contribution >= 4 is 8.32 Å². The maximum atomic E-state index is 6.41. The fourth-order valence-corrected chi connectivity index (χ4v) is 4.31. The van der Waals surface area contributed by atoms with Gasteiger partial charge in [0.2, 0.25) is 0 Å². The maximum Gasteiger partial charge on any atom is 0.192 e. The molecule has 0 amide bonds. The van der Waals surface area contributed by atoms with E-state index in [0.29, 0.717) is 6.61 Å². The minimum absolute atomic E-state index is 0.0280. The molecule has 0 N–H and O–H groups in total. The van der Waals surface area contributed by atoms with Crippen molar-refractivity contribution in [2.24, 2.45) is 0 Å². The van der Waals surface area contributed by atoms with Gasteiger partial charge in [-0.1, -0.05) is 39.0 Å². The zero-order chi connectivity index (χ0) is 17.8. The molecule has 2 fully saturated rings. The van der Waals surface area contributed by atoms with E-state index in [1.807, 2.05) is 13.8 Å². The fraction of sp³-hybridized carbons (Fsp3) is 0.789. The van der Waals surface area contributed by atoms with Gasteiger partial charge < -0.3 is 18.6 Å². The fourth-order valence-electron chi connectivity index (χ4n) is 3.30. The molecule has 3 aliphatic rings. The molecule has 136 valence electrons. The highest BCUT2D eigenvalue weighted by Crippen LogP contribution is 2.43. The van der Waals surface area contributed by atoms with Gasteiger partial charge in [-0.15, -0.1) is 0 Å². The molecule has 0 saturated carbocycles. The van der Waals surface area contributed by atoms with Gasteiger partial charge in [0.1, 0.15) is 24.4 Å². The van der Waals surface area contributed by atoms with E-state index in [1.54, 1.807) is 0 Å². The molecule has 0 bridgehead atoms. The van der Waals surface area contributed by atoms with Gasteiger partial charge in [0.05, 0.1) is 6.61 Å². The maximum absolute atomic E-state index is 6.41. The Morgan fingerprint density at radius 3 is 2.46 bits per heavy atom. The second-order valence-electron chi connectivity index (χ2n) is 9.11. The minimum Gasteiger partial charge on any atom is -0.414 e. The highest BCUT2D eigenvalue weighted by atomic mass is 28.4. The van der Waals surface area contributed by atoms with E-state index in [4.69, 9.17) is 18.6 Å². The second-order valence-corrected chi connectivity index (χ2v) is 13.9. The average Bonchev–Trinajstić information content (AvgIpc) is 3.10. The quantitative estimate of drug-likeness (QED) is 0.711. The van der Waals surface area contributed by atoms with Crippen LogP contribution in [0.4, 0.5) is 0 Å². The van der Waals surface area contributed by atoms with Crippen LogP contribution in [0.2, 0.25) is 18.1 Å². The number of rotatable bonds is 4. The van der Waals surface area contributed by atoms with Crippen molar-refractivity contribution in [3.05, 3.63) is 23.8 Å². The van der Waals surface area contributed by atoms with Crippen molar-refractivity contribution in [2.75, 3.05) is 6.61 Å². The van der Waals surface area contributed by atoms with Crippen LogP contribution >= 0.6 is 0 Å². The van der Waals surface area contributed by atoms with Crippen molar-refractivity contribution in [3.8, 4) is 0 Å². The van der Waals surface area contributed by atoms with Gasteiger partial charge in [-0.2, -0.15) is 0 Å². The molecule has 1 aliphatic carbocycles. The predicted octanol–water partition coefficient (Wildman–Crippen LogP) is 4.18. The molecule has 2 saturated heterocycles. The second kappa shape index (κ2) is 6.06. The van der Waals surface area contributed by atoms with Crippen LogP contribution in [0.1, 0.15) is 41.0 Å². The van der Waals surface area contributed by atoms with E-state index in [0.717, 1.165) is 6.42 Å². The zero-order valence-electron chi connectivity index (χ0n) is 16.1. The Morgan fingerprint density at radius 2 is 1.88 bits per heavy atom. The lowest BCUT2D eigenvalue weighted by molar-refractivity contribution is -0.185. The van der Waals surface area contributed by atoms with Gasteiger partial charge in [-0.3, -0.25) is 0 Å². The molecule has 24 heavy (non-hydrogen) atoms. The van der Waals surface area contributed by atoms with Gasteiger partial charge in [0.25, 0.3) is 0 Å². The number of hydrogen-bond acceptors (Lipinski definition) is 4. The highest BCUT2D eigenvalue weighted by Gasteiger charge is 2.56. The Morgan fingerprint density at radius 1 is 1.21 bits per heavy atom. The Hall–Kier alpha value is -0.463. The number of hydrogen-bond donors (Lipinski definition) is 0. The van der Waals surface area contributed by atoms with Crippen LogP contribution in [0.3, 0.4) is 0 Å². The first-order valence-electron chi connectivity index (χ1n) is 9.01.